The van der Waals surface area contributed by atoms with E-state index in [-0.39, 0.29) is 25.0 Å². The van der Waals surface area contributed by atoms with Gasteiger partial charge < -0.3 is 40.2 Å². The standard InChI is InChI=1S/C16H30N2O8/c1-9(2)15(23)17-4-5-24-6-7-25-16-12(18-10(3)20)14(22)13(21)11(8-19)26-16/h9,11-14,16,19,21-22H,4-8H2,1-3H3,(H,17,23)(H,18,20). The van der Waals surface area contributed by atoms with E-state index in [2.05, 4.69) is 10.6 Å². The Hall–Kier alpha value is -1.30. The predicted molar refractivity (Wildman–Crippen MR) is 90.0 cm³/mol. The number of amides is 2. The zero-order valence-corrected chi connectivity index (χ0v) is 15.4. The molecule has 0 aromatic carbocycles. The van der Waals surface area contributed by atoms with Gasteiger partial charge in [-0.05, 0) is 0 Å². The smallest absolute Gasteiger partial charge is 0.222 e. The number of rotatable bonds is 10. The molecule has 0 aromatic rings. The van der Waals surface area contributed by atoms with Crippen LogP contribution in [0.15, 0.2) is 0 Å². The Labute approximate surface area is 152 Å². The number of hydrogen-bond donors (Lipinski definition) is 5. The monoisotopic (exact) mass is 378 g/mol. The molecule has 10 heteroatoms. The van der Waals surface area contributed by atoms with E-state index in [1.54, 1.807) is 13.8 Å². The number of hydrogen-bond acceptors (Lipinski definition) is 8. The van der Waals surface area contributed by atoms with Crippen LogP contribution in [-0.4, -0.2) is 90.7 Å². The molecule has 0 aromatic heterocycles. The van der Waals surface area contributed by atoms with E-state index in [1.165, 1.54) is 6.92 Å². The van der Waals surface area contributed by atoms with Gasteiger partial charge in [0, 0.05) is 19.4 Å². The van der Waals surface area contributed by atoms with Crippen LogP contribution < -0.4 is 10.6 Å². The summed E-state index contributed by atoms with van der Waals surface area (Å²) in [5.41, 5.74) is 0. The highest BCUT2D eigenvalue weighted by Crippen LogP contribution is 2.22. The number of carbonyl (C=O) groups excluding carboxylic acids is 2. The summed E-state index contributed by atoms with van der Waals surface area (Å²) in [5.74, 6) is -0.562. The van der Waals surface area contributed by atoms with E-state index in [9.17, 15) is 24.9 Å². The van der Waals surface area contributed by atoms with E-state index < -0.39 is 43.2 Å². The zero-order valence-electron chi connectivity index (χ0n) is 15.4. The highest BCUT2D eigenvalue weighted by Gasteiger charge is 2.45. The Morgan fingerprint density at radius 2 is 1.85 bits per heavy atom. The SMILES string of the molecule is CC(=O)NC1C(OCCOCCNC(=O)C(C)C)OC(CO)C(O)C1O. The fraction of sp³-hybridized carbons (Fsp3) is 0.875. The molecule has 5 atom stereocenters. The average Bonchev–Trinajstić information content (AvgIpc) is 2.59. The maximum absolute atomic E-state index is 11.4. The molecule has 152 valence electrons. The molecule has 0 bridgehead atoms. The van der Waals surface area contributed by atoms with Gasteiger partial charge in [-0.2, -0.15) is 0 Å². The van der Waals surface area contributed by atoms with Crippen molar-refractivity contribution >= 4 is 11.8 Å². The molecule has 0 radical (unpaired) electrons. The number of aliphatic hydroxyl groups excluding tert-OH is 3. The summed E-state index contributed by atoms with van der Waals surface area (Å²) in [7, 11) is 0. The van der Waals surface area contributed by atoms with Crippen molar-refractivity contribution in [2.45, 2.75) is 51.4 Å². The van der Waals surface area contributed by atoms with Gasteiger partial charge in [0.05, 0.1) is 26.4 Å². The molecule has 0 saturated carbocycles. The van der Waals surface area contributed by atoms with Crippen LogP contribution in [0.1, 0.15) is 20.8 Å². The minimum Gasteiger partial charge on any atom is -0.394 e. The second-order valence-corrected chi connectivity index (χ2v) is 6.36. The third-order valence-corrected chi connectivity index (χ3v) is 3.83. The summed E-state index contributed by atoms with van der Waals surface area (Å²) < 4.78 is 16.2. The van der Waals surface area contributed by atoms with E-state index in [0.29, 0.717) is 13.2 Å². The molecule has 1 aliphatic heterocycles. The average molecular weight is 378 g/mol. The van der Waals surface area contributed by atoms with Crippen molar-refractivity contribution in [2.75, 3.05) is 33.0 Å². The van der Waals surface area contributed by atoms with Gasteiger partial charge in [0.1, 0.15) is 24.4 Å². The second-order valence-electron chi connectivity index (χ2n) is 6.36. The lowest BCUT2D eigenvalue weighted by molar-refractivity contribution is -0.272. The molecule has 1 fully saturated rings. The summed E-state index contributed by atoms with van der Waals surface area (Å²) in [5, 5.41) is 34.4. The quantitative estimate of drug-likeness (QED) is 0.268. The van der Waals surface area contributed by atoms with Crippen molar-refractivity contribution in [1.82, 2.24) is 10.6 Å². The molecular formula is C16H30N2O8. The summed E-state index contributed by atoms with van der Waals surface area (Å²) >= 11 is 0. The van der Waals surface area contributed by atoms with Crippen molar-refractivity contribution in [1.29, 1.82) is 0 Å². The Balaban J connectivity index is 2.37. The van der Waals surface area contributed by atoms with E-state index in [0.717, 1.165) is 0 Å². The van der Waals surface area contributed by atoms with Gasteiger partial charge in [0.15, 0.2) is 6.29 Å². The van der Waals surface area contributed by atoms with Gasteiger partial charge in [-0.1, -0.05) is 13.8 Å². The largest absolute Gasteiger partial charge is 0.394 e. The number of aliphatic hydroxyl groups is 3. The molecule has 2 amide bonds. The number of ether oxygens (including phenoxy) is 3. The van der Waals surface area contributed by atoms with Gasteiger partial charge in [-0.25, -0.2) is 0 Å². The Bertz CT molecular complexity index is 448. The first-order valence-corrected chi connectivity index (χ1v) is 8.64. The van der Waals surface area contributed by atoms with Crippen molar-refractivity contribution < 1.29 is 39.1 Å². The molecule has 0 aliphatic carbocycles. The second kappa shape index (κ2) is 11.4. The van der Waals surface area contributed by atoms with Crippen molar-refractivity contribution in [3.8, 4) is 0 Å². The maximum Gasteiger partial charge on any atom is 0.222 e. The molecule has 1 saturated heterocycles. The van der Waals surface area contributed by atoms with Gasteiger partial charge in [-0.15, -0.1) is 0 Å². The molecule has 1 heterocycles. The van der Waals surface area contributed by atoms with Gasteiger partial charge >= 0.3 is 0 Å². The first-order valence-electron chi connectivity index (χ1n) is 8.64. The number of nitrogens with one attached hydrogen (secondary N) is 2. The zero-order chi connectivity index (χ0) is 19.7. The molecule has 0 spiro atoms. The van der Waals surface area contributed by atoms with E-state index in [4.69, 9.17) is 14.2 Å². The molecule has 10 nitrogen and oxygen atoms in total. The third kappa shape index (κ3) is 7.14. The van der Waals surface area contributed by atoms with Gasteiger partial charge in [0.25, 0.3) is 0 Å². The van der Waals surface area contributed by atoms with Crippen LogP contribution in [0.2, 0.25) is 0 Å². The van der Waals surface area contributed by atoms with Gasteiger partial charge in [-0.3, -0.25) is 9.59 Å². The molecule has 26 heavy (non-hydrogen) atoms. The van der Waals surface area contributed by atoms with Crippen molar-refractivity contribution in [2.24, 2.45) is 5.92 Å². The lowest BCUT2D eigenvalue weighted by Crippen LogP contribution is -2.64. The Morgan fingerprint density at radius 3 is 2.42 bits per heavy atom. The van der Waals surface area contributed by atoms with E-state index >= 15 is 0 Å². The normalized spacial score (nSPS) is 28.8. The molecule has 1 aliphatic rings. The lowest BCUT2D eigenvalue weighted by Gasteiger charge is -2.42. The first-order chi connectivity index (χ1) is 12.3. The highest BCUT2D eigenvalue weighted by atomic mass is 16.7. The van der Waals surface area contributed by atoms with Crippen molar-refractivity contribution in [3.63, 3.8) is 0 Å². The fourth-order valence-electron chi connectivity index (χ4n) is 2.39. The topological polar surface area (TPSA) is 147 Å². The Morgan fingerprint density at radius 1 is 1.15 bits per heavy atom. The minimum atomic E-state index is -1.35. The highest BCUT2D eigenvalue weighted by molar-refractivity contribution is 5.77. The molecular weight excluding hydrogens is 348 g/mol. The maximum atomic E-state index is 11.4. The van der Waals surface area contributed by atoms with Crippen LogP contribution in [0.5, 0.6) is 0 Å². The molecule has 5 N–H and O–H groups in total. The third-order valence-electron chi connectivity index (χ3n) is 3.83. The van der Waals surface area contributed by atoms with Crippen molar-refractivity contribution in [3.05, 3.63) is 0 Å². The summed E-state index contributed by atoms with van der Waals surface area (Å²) in [6.07, 6.45) is -4.76. The molecule has 5 unspecified atom stereocenters. The van der Waals surface area contributed by atoms with Crippen LogP contribution in [-0.2, 0) is 23.8 Å². The summed E-state index contributed by atoms with van der Waals surface area (Å²) in [4.78, 5) is 22.7. The van der Waals surface area contributed by atoms with Crippen LogP contribution >= 0.6 is 0 Å². The predicted octanol–water partition coefficient (Wildman–Crippen LogP) is -2.26. The summed E-state index contributed by atoms with van der Waals surface area (Å²) in [6, 6.07) is -0.976. The van der Waals surface area contributed by atoms with E-state index in [1.807, 2.05) is 0 Å². The van der Waals surface area contributed by atoms with Crippen LogP contribution in [0.4, 0.5) is 0 Å². The molecule has 1 rings (SSSR count). The number of carbonyl (C=O) groups is 2. The Kier molecular flexibility index (Phi) is 9.99. The lowest BCUT2D eigenvalue weighted by atomic mass is 9.97. The minimum absolute atomic E-state index is 0.0544. The van der Waals surface area contributed by atoms with Gasteiger partial charge in [0.2, 0.25) is 11.8 Å². The van der Waals surface area contributed by atoms with Crippen LogP contribution in [0, 0.1) is 5.92 Å². The van der Waals surface area contributed by atoms with Crippen LogP contribution in [0.25, 0.3) is 0 Å². The fourth-order valence-corrected chi connectivity index (χ4v) is 2.39. The first kappa shape index (κ1) is 22.7. The summed E-state index contributed by atoms with van der Waals surface area (Å²) in [6.45, 7) is 5.34. The van der Waals surface area contributed by atoms with Crippen LogP contribution in [0.3, 0.4) is 0 Å².